The Morgan fingerprint density at radius 1 is 0.551 bits per heavy atom. The van der Waals surface area contributed by atoms with Crippen LogP contribution >= 0.6 is 0 Å². The number of aliphatic carboxylic acids is 2. The van der Waals surface area contributed by atoms with Crippen LogP contribution in [0.5, 0.6) is 0 Å². The third-order valence-electron chi connectivity index (χ3n) is 7.22. The minimum Gasteiger partial charge on any atom is -0.547 e. The number of carbonyl (C=O) groups is 2. The fraction of sp³-hybridized carbons (Fsp3) is 0.917. The Morgan fingerprint density at radius 3 is 1.06 bits per heavy atom. The van der Waals surface area contributed by atoms with Gasteiger partial charge in [-0.3, -0.25) is 0 Å². The quantitative estimate of drug-likeness (QED) is 0.0647. The maximum atomic E-state index is 10.6. The number of aliphatic hydroxyl groups is 16. The number of carbonyl (C=O) groups excluding carboxylic acids is 2. The van der Waals surface area contributed by atoms with Crippen molar-refractivity contribution in [3.8, 4) is 0 Å². The maximum absolute atomic E-state index is 10.6. The number of hydrogen-bond acceptors (Lipinski definition) is 24. The molecule has 0 aromatic carbocycles. The van der Waals surface area contributed by atoms with E-state index in [1.165, 1.54) is 0 Å². The molecule has 18 atom stereocenters. The first-order chi connectivity index (χ1) is 22.3. The van der Waals surface area contributed by atoms with Gasteiger partial charge in [0.05, 0.1) is 38.4 Å². The molecule has 0 aliphatic carbocycles. The molecule has 0 amide bonds. The average Bonchev–Trinajstić information content (AvgIpc) is 3.07. The third kappa shape index (κ3) is 12.4. The van der Waals surface area contributed by atoms with Gasteiger partial charge in [0.15, 0.2) is 12.6 Å². The predicted octanol–water partition coefficient (Wildman–Crippen LogP) is -14.0. The van der Waals surface area contributed by atoms with Crippen LogP contribution in [-0.4, -0.2) is 230 Å². The zero-order chi connectivity index (χ0) is 37.2. The molecule has 0 aromatic heterocycles. The minimum absolute atomic E-state index is 0. The van der Waals surface area contributed by atoms with Crippen LogP contribution in [0.25, 0.3) is 0 Å². The SMILES string of the molecule is O=C([O-])C(O)C(O)C(O[C@@H]1O[C@H](CO)[C@H](O)C(O)[C@H]1O)C(O)CO.O=C([O-])C(O)C(O)C(O[C@@H]1O[C@H](CO)[C@H](O)C(O)[C@H]1O)C(O)CO.[Cu+2]. The first kappa shape index (κ1) is 47.7. The molecule has 2 heterocycles. The van der Waals surface area contributed by atoms with E-state index in [1.54, 1.807) is 0 Å². The van der Waals surface area contributed by atoms with Crippen LogP contribution in [0.15, 0.2) is 0 Å². The van der Waals surface area contributed by atoms with Gasteiger partial charge in [-0.05, 0) is 0 Å². The van der Waals surface area contributed by atoms with E-state index in [-0.39, 0.29) is 17.1 Å². The van der Waals surface area contributed by atoms with E-state index in [2.05, 4.69) is 0 Å². The number of carboxylic acid groups (broad SMARTS) is 2. The number of hydrogen-bond donors (Lipinski definition) is 16. The molecule has 0 bridgehead atoms. The van der Waals surface area contributed by atoms with Crippen molar-refractivity contribution in [2.45, 2.75) is 110 Å². The summed E-state index contributed by atoms with van der Waals surface area (Å²) in [7, 11) is 0. The topological polar surface area (TPSA) is 441 Å². The Kier molecular flexibility index (Phi) is 21.3. The van der Waals surface area contributed by atoms with Gasteiger partial charge in [0.25, 0.3) is 0 Å². The van der Waals surface area contributed by atoms with E-state index in [4.69, 9.17) is 39.4 Å². The Balaban J connectivity index is 0.000000922. The van der Waals surface area contributed by atoms with E-state index in [0.29, 0.717) is 0 Å². The summed E-state index contributed by atoms with van der Waals surface area (Å²) in [5.74, 6) is -4.18. The van der Waals surface area contributed by atoms with Gasteiger partial charge in [0.1, 0.15) is 97.7 Å². The van der Waals surface area contributed by atoms with Crippen LogP contribution in [0, 0.1) is 0 Å². The van der Waals surface area contributed by atoms with Crippen LogP contribution in [0.2, 0.25) is 0 Å². The van der Waals surface area contributed by atoms with Gasteiger partial charge >= 0.3 is 17.1 Å². The molecular formula is C24H42CuO24. The predicted molar refractivity (Wildman–Crippen MR) is 138 cm³/mol. The van der Waals surface area contributed by atoms with Crippen molar-refractivity contribution in [1.82, 2.24) is 0 Å². The fourth-order valence-electron chi connectivity index (χ4n) is 4.31. The van der Waals surface area contributed by atoms with Crippen molar-refractivity contribution in [2.75, 3.05) is 26.4 Å². The molecule has 2 rings (SSSR count). The summed E-state index contributed by atoms with van der Waals surface area (Å²) >= 11 is 0. The maximum Gasteiger partial charge on any atom is 2.00 e. The fourth-order valence-corrected chi connectivity index (χ4v) is 4.31. The zero-order valence-corrected chi connectivity index (χ0v) is 25.9. The molecule has 2 aliphatic rings. The normalized spacial score (nSPS) is 35.2. The Morgan fingerprint density at radius 2 is 0.837 bits per heavy atom. The molecule has 16 N–H and O–H groups in total. The van der Waals surface area contributed by atoms with E-state index >= 15 is 0 Å². The van der Waals surface area contributed by atoms with Gasteiger partial charge in [0, 0.05) is 0 Å². The first-order valence-corrected chi connectivity index (χ1v) is 13.9. The Labute approximate surface area is 286 Å². The van der Waals surface area contributed by atoms with Gasteiger partial charge in [-0.15, -0.1) is 0 Å². The molecule has 0 aromatic rings. The largest absolute Gasteiger partial charge is 2.00 e. The van der Waals surface area contributed by atoms with E-state index in [9.17, 15) is 81.1 Å². The van der Waals surface area contributed by atoms with Crippen molar-refractivity contribution in [3.63, 3.8) is 0 Å². The summed E-state index contributed by atoms with van der Waals surface area (Å²) < 4.78 is 19.9. The van der Waals surface area contributed by atoms with E-state index < -0.39 is 149 Å². The molecule has 10 unspecified atom stereocenters. The summed E-state index contributed by atoms with van der Waals surface area (Å²) in [6.07, 6.45) is -34.5. The molecule has 0 spiro atoms. The summed E-state index contributed by atoms with van der Waals surface area (Å²) in [6, 6.07) is 0. The molecule has 0 saturated carbocycles. The number of rotatable bonds is 16. The van der Waals surface area contributed by atoms with Crippen molar-refractivity contribution >= 4 is 11.9 Å². The third-order valence-corrected chi connectivity index (χ3v) is 7.22. The smallest absolute Gasteiger partial charge is 0.547 e. The van der Waals surface area contributed by atoms with Crippen LogP contribution in [0.3, 0.4) is 0 Å². The first-order valence-electron chi connectivity index (χ1n) is 13.9. The van der Waals surface area contributed by atoms with Gasteiger partial charge in [-0.1, -0.05) is 0 Å². The molecule has 2 saturated heterocycles. The standard InChI is InChI=1S/2C12H22O12.Cu/c2*13-1-3(15)10(7(18)8(19)11(21)22)24-12-9(20)6(17)5(16)4(2-14)23-12;/h2*3-10,12-20H,1-2H2,(H,21,22);/q;;+2/p-2/t2*3?,4-,5+,6?,7?,8?,9-,10?,12+;/m11./s1. The van der Waals surface area contributed by atoms with Crippen LogP contribution < -0.4 is 10.2 Å². The average molecular weight is 778 g/mol. The second-order valence-corrected chi connectivity index (χ2v) is 10.6. The zero-order valence-electron chi connectivity index (χ0n) is 24.9. The van der Waals surface area contributed by atoms with Crippen LogP contribution in [0.1, 0.15) is 0 Å². The van der Waals surface area contributed by atoms with Crippen LogP contribution in [-0.2, 0) is 45.6 Å². The summed E-state index contributed by atoms with van der Waals surface area (Å²) in [4.78, 5) is 21.2. The summed E-state index contributed by atoms with van der Waals surface area (Å²) in [5, 5.41) is 173. The number of carboxylic acids is 2. The molecule has 24 nitrogen and oxygen atoms in total. The van der Waals surface area contributed by atoms with Crippen molar-refractivity contribution in [3.05, 3.63) is 0 Å². The molecule has 49 heavy (non-hydrogen) atoms. The molecular weight excluding hydrogens is 736 g/mol. The van der Waals surface area contributed by atoms with Gasteiger partial charge in [0.2, 0.25) is 0 Å². The van der Waals surface area contributed by atoms with Gasteiger partial charge in [-0.2, -0.15) is 0 Å². The second-order valence-electron chi connectivity index (χ2n) is 10.6. The van der Waals surface area contributed by atoms with Crippen molar-refractivity contribution in [2.24, 2.45) is 0 Å². The monoisotopic (exact) mass is 777 g/mol. The molecule has 2 fully saturated rings. The number of aliphatic hydroxyl groups excluding tert-OH is 16. The molecule has 25 heteroatoms. The van der Waals surface area contributed by atoms with Crippen molar-refractivity contribution < 1.29 is 138 Å². The summed E-state index contributed by atoms with van der Waals surface area (Å²) in [5.41, 5.74) is 0. The molecule has 2 aliphatic heterocycles. The van der Waals surface area contributed by atoms with Gasteiger partial charge < -0.3 is 120 Å². The van der Waals surface area contributed by atoms with Gasteiger partial charge in [-0.25, -0.2) is 0 Å². The molecule has 293 valence electrons. The minimum atomic E-state index is -2.50. The van der Waals surface area contributed by atoms with E-state index in [1.807, 2.05) is 0 Å². The summed E-state index contributed by atoms with van der Waals surface area (Å²) in [6.45, 7) is -3.58. The van der Waals surface area contributed by atoms with E-state index in [0.717, 1.165) is 0 Å². The van der Waals surface area contributed by atoms with Crippen LogP contribution in [0.4, 0.5) is 0 Å². The number of ether oxygens (including phenoxy) is 4. The second kappa shape index (κ2) is 21.9. The Hall–Kier alpha value is -1.34. The molecule has 1 radical (unpaired) electrons. The van der Waals surface area contributed by atoms with Crippen molar-refractivity contribution in [1.29, 1.82) is 0 Å². The Bertz CT molecular complexity index is 888.